The van der Waals surface area contributed by atoms with Gasteiger partial charge in [-0.15, -0.1) is 0 Å². The van der Waals surface area contributed by atoms with E-state index in [1.54, 1.807) is 12.3 Å². The van der Waals surface area contributed by atoms with E-state index in [1.165, 1.54) is 0 Å². The zero-order valence-electron chi connectivity index (χ0n) is 14.6. The SMILES string of the molecule is N#Cc1cc2c3cccnc3c3c4ccccc4ccc3c2c(C#N)c1C#N. The molecule has 0 aliphatic heterocycles. The smallest absolute Gasteiger partial charge is 0.102 e. The van der Waals surface area contributed by atoms with Crippen molar-refractivity contribution in [2.45, 2.75) is 0 Å². The summed E-state index contributed by atoms with van der Waals surface area (Å²) in [7, 11) is 0. The Morgan fingerprint density at radius 3 is 2.21 bits per heavy atom. The number of nitriles is 3. The van der Waals surface area contributed by atoms with Gasteiger partial charge in [-0.2, -0.15) is 15.8 Å². The average molecular weight is 354 g/mol. The average Bonchev–Trinajstić information content (AvgIpc) is 2.77. The summed E-state index contributed by atoms with van der Waals surface area (Å²) in [6.07, 6.45) is 1.75. The maximum atomic E-state index is 9.89. The predicted molar refractivity (Wildman–Crippen MR) is 108 cm³/mol. The fourth-order valence-corrected chi connectivity index (χ4v) is 4.05. The summed E-state index contributed by atoms with van der Waals surface area (Å²) in [5.74, 6) is 0. The fourth-order valence-electron chi connectivity index (χ4n) is 4.05. The lowest BCUT2D eigenvalue weighted by molar-refractivity contribution is 1.41. The molecule has 0 atom stereocenters. The number of hydrogen-bond donors (Lipinski definition) is 0. The van der Waals surface area contributed by atoms with Crippen molar-refractivity contribution in [3.63, 3.8) is 0 Å². The summed E-state index contributed by atoms with van der Waals surface area (Å²) < 4.78 is 0. The Morgan fingerprint density at radius 1 is 0.643 bits per heavy atom. The number of benzene rings is 4. The molecule has 0 spiro atoms. The van der Waals surface area contributed by atoms with Gasteiger partial charge in [-0.1, -0.05) is 42.5 Å². The van der Waals surface area contributed by atoms with Crippen molar-refractivity contribution in [3.05, 3.63) is 77.5 Å². The van der Waals surface area contributed by atoms with E-state index < -0.39 is 0 Å². The van der Waals surface area contributed by atoms with Crippen molar-refractivity contribution in [1.29, 1.82) is 15.8 Å². The van der Waals surface area contributed by atoms with Gasteiger partial charge in [-0.3, -0.25) is 4.98 Å². The molecule has 4 nitrogen and oxygen atoms in total. The summed E-state index contributed by atoms with van der Waals surface area (Å²) in [5, 5.41) is 35.3. The monoisotopic (exact) mass is 354 g/mol. The Balaban J connectivity index is 2.24. The zero-order valence-corrected chi connectivity index (χ0v) is 14.6. The molecule has 5 rings (SSSR count). The second kappa shape index (κ2) is 5.78. The quantitative estimate of drug-likeness (QED) is 0.353. The topological polar surface area (TPSA) is 84.3 Å². The first-order valence-corrected chi connectivity index (χ1v) is 8.67. The van der Waals surface area contributed by atoms with Gasteiger partial charge in [-0.25, -0.2) is 0 Å². The Morgan fingerprint density at radius 2 is 1.43 bits per heavy atom. The van der Waals surface area contributed by atoms with E-state index in [0.29, 0.717) is 5.39 Å². The van der Waals surface area contributed by atoms with Crippen molar-refractivity contribution in [1.82, 2.24) is 4.98 Å². The molecule has 0 N–H and O–H groups in total. The summed E-state index contributed by atoms with van der Waals surface area (Å²) in [5.41, 5.74) is 1.38. The largest absolute Gasteiger partial charge is 0.256 e. The van der Waals surface area contributed by atoms with E-state index in [-0.39, 0.29) is 16.7 Å². The van der Waals surface area contributed by atoms with Crippen molar-refractivity contribution in [2.24, 2.45) is 0 Å². The van der Waals surface area contributed by atoms with Crippen LogP contribution in [0.15, 0.2) is 60.8 Å². The number of pyridine rings is 1. The van der Waals surface area contributed by atoms with Crippen LogP contribution in [-0.4, -0.2) is 4.98 Å². The van der Waals surface area contributed by atoms with Gasteiger partial charge in [-0.05, 0) is 33.7 Å². The van der Waals surface area contributed by atoms with Gasteiger partial charge in [0.25, 0.3) is 0 Å². The van der Waals surface area contributed by atoms with Gasteiger partial charge in [0.05, 0.1) is 22.2 Å². The number of hydrogen-bond acceptors (Lipinski definition) is 4. The molecular weight excluding hydrogens is 344 g/mol. The standard InChI is InChI=1S/C24H10N4/c25-11-15-10-19-17-6-3-9-28-24(17)23-16-5-2-1-4-14(16)7-8-18(23)22(19)21(13-27)20(15)12-26/h1-10H. The lowest BCUT2D eigenvalue weighted by Gasteiger charge is -2.14. The molecule has 4 heteroatoms. The molecule has 28 heavy (non-hydrogen) atoms. The van der Waals surface area contributed by atoms with Crippen LogP contribution in [0.4, 0.5) is 0 Å². The molecule has 0 radical (unpaired) electrons. The minimum atomic E-state index is 0.121. The Bertz CT molecular complexity index is 1590. The molecule has 0 fully saturated rings. The summed E-state index contributed by atoms with van der Waals surface area (Å²) in [4.78, 5) is 4.63. The molecular formula is C24H10N4. The highest BCUT2D eigenvalue weighted by molar-refractivity contribution is 6.31. The lowest BCUT2D eigenvalue weighted by atomic mass is 9.88. The second-order valence-corrected chi connectivity index (χ2v) is 6.54. The third kappa shape index (κ3) is 1.93. The maximum absolute atomic E-state index is 9.89. The Labute approximate surface area is 160 Å². The molecule has 0 unspecified atom stereocenters. The molecule has 126 valence electrons. The van der Waals surface area contributed by atoms with E-state index in [2.05, 4.69) is 17.1 Å². The van der Waals surface area contributed by atoms with Crippen molar-refractivity contribution in [3.8, 4) is 18.2 Å². The predicted octanol–water partition coefficient (Wildman–Crippen LogP) is 5.31. The van der Waals surface area contributed by atoms with Crippen LogP contribution in [0.3, 0.4) is 0 Å². The van der Waals surface area contributed by atoms with Crippen LogP contribution >= 0.6 is 0 Å². The van der Waals surface area contributed by atoms with Gasteiger partial charge < -0.3 is 0 Å². The highest BCUT2D eigenvalue weighted by Gasteiger charge is 2.19. The molecule has 0 amide bonds. The molecule has 5 aromatic rings. The number of aromatic nitrogens is 1. The molecule has 0 bridgehead atoms. The van der Waals surface area contributed by atoms with Crippen molar-refractivity contribution >= 4 is 43.2 Å². The van der Waals surface area contributed by atoms with Crippen LogP contribution in [-0.2, 0) is 0 Å². The molecule has 0 saturated carbocycles. The number of nitrogens with zero attached hydrogens (tertiary/aromatic N) is 4. The number of fused-ring (bicyclic) bond motifs is 8. The zero-order chi connectivity index (χ0) is 19.3. The van der Waals surface area contributed by atoms with E-state index in [9.17, 15) is 15.8 Å². The van der Waals surface area contributed by atoms with Gasteiger partial charge in [0.15, 0.2) is 0 Å². The van der Waals surface area contributed by atoms with Crippen molar-refractivity contribution in [2.75, 3.05) is 0 Å². The minimum Gasteiger partial charge on any atom is -0.256 e. The Kier molecular flexibility index (Phi) is 3.25. The van der Waals surface area contributed by atoms with Crippen molar-refractivity contribution < 1.29 is 0 Å². The first-order valence-electron chi connectivity index (χ1n) is 8.67. The minimum absolute atomic E-state index is 0.121. The first kappa shape index (κ1) is 15.8. The maximum Gasteiger partial charge on any atom is 0.102 e. The third-order valence-corrected chi connectivity index (χ3v) is 5.20. The molecule has 0 aliphatic rings. The van der Waals surface area contributed by atoms with Gasteiger partial charge in [0, 0.05) is 22.4 Å². The normalized spacial score (nSPS) is 10.8. The van der Waals surface area contributed by atoms with Crippen LogP contribution in [0.25, 0.3) is 43.2 Å². The molecule has 1 heterocycles. The first-order chi connectivity index (χ1) is 13.8. The summed E-state index contributed by atoms with van der Waals surface area (Å²) in [6.45, 7) is 0. The second-order valence-electron chi connectivity index (χ2n) is 6.54. The number of rotatable bonds is 0. The molecule has 1 aromatic heterocycles. The Hall–Kier alpha value is -4.46. The van der Waals surface area contributed by atoms with Crippen LogP contribution in [0, 0.1) is 34.0 Å². The van der Waals surface area contributed by atoms with Crippen LogP contribution in [0.2, 0.25) is 0 Å². The fraction of sp³-hybridized carbons (Fsp3) is 0. The summed E-state index contributed by atoms with van der Waals surface area (Å²) >= 11 is 0. The highest BCUT2D eigenvalue weighted by atomic mass is 14.6. The van der Waals surface area contributed by atoms with E-state index in [1.807, 2.05) is 54.6 Å². The molecule has 4 aromatic carbocycles. The van der Waals surface area contributed by atoms with Gasteiger partial charge >= 0.3 is 0 Å². The van der Waals surface area contributed by atoms with Crippen LogP contribution in [0.1, 0.15) is 16.7 Å². The van der Waals surface area contributed by atoms with Crippen LogP contribution in [0.5, 0.6) is 0 Å². The van der Waals surface area contributed by atoms with E-state index in [0.717, 1.165) is 37.8 Å². The van der Waals surface area contributed by atoms with E-state index >= 15 is 0 Å². The van der Waals surface area contributed by atoms with Crippen LogP contribution < -0.4 is 0 Å². The third-order valence-electron chi connectivity index (χ3n) is 5.20. The molecule has 0 aliphatic carbocycles. The highest BCUT2D eigenvalue weighted by Crippen LogP contribution is 2.40. The lowest BCUT2D eigenvalue weighted by Crippen LogP contribution is -1.95. The van der Waals surface area contributed by atoms with Gasteiger partial charge in [0.2, 0.25) is 0 Å². The molecule has 0 saturated heterocycles. The van der Waals surface area contributed by atoms with Gasteiger partial charge in [0.1, 0.15) is 18.2 Å². The van der Waals surface area contributed by atoms with E-state index in [4.69, 9.17) is 0 Å². The summed E-state index contributed by atoms with van der Waals surface area (Å²) in [6, 6.07) is 23.8.